The number of terminal acetylenes is 1. The van der Waals surface area contributed by atoms with Gasteiger partial charge in [0.05, 0.1) is 25.2 Å². The summed E-state index contributed by atoms with van der Waals surface area (Å²) in [5.74, 6) is 4.40. The maximum absolute atomic E-state index is 13.0. The van der Waals surface area contributed by atoms with Gasteiger partial charge < -0.3 is 14.4 Å². The van der Waals surface area contributed by atoms with Gasteiger partial charge in [-0.2, -0.15) is 0 Å². The van der Waals surface area contributed by atoms with Gasteiger partial charge in [0.1, 0.15) is 23.9 Å². The Hall–Kier alpha value is -4.22. The van der Waals surface area contributed by atoms with Crippen LogP contribution in [0.15, 0.2) is 66.7 Å². The molecule has 0 saturated carbocycles. The van der Waals surface area contributed by atoms with Crippen molar-refractivity contribution in [1.82, 2.24) is 0 Å². The summed E-state index contributed by atoms with van der Waals surface area (Å²) in [6.07, 6.45) is 5.71. The largest absolute Gasteiger partial charge is 0.490 e. The molecule has 1 aliphatic heterocycles. The van der Waals surface area contributed by atoms with E-state index >= 15 is 0 Å². The molecule has 0 atom stereocenters. The number of anilines is 1. The van der Waals surface area contributed by atoms with Gasteiger partial charge in [-0.05, 0) is 42.0 Å². The van der Waals surface area contributed by atoms with Crippen LogP contribution in [-0.2, 0) is 11.2 Å². The van der Waals surface area contributed by atoms with Gasteiger partial charge in [-0.25, -0.2) is 4.85 Å². The van der Waals surface area contributed by atoms with Crippen LogP contribution in [0.2, 0.25) is 0 Å². The SMILES string of the molecule is [C-]#[N+]c1ccc(Oc2ccc3c(c2)N(C(=O)Cc2cccc(C#C)c2)CCO3)cc1. The fraction of sp³-hybridized carbons (Fsp3) is 0.120. The normalized spacial score (nSPS) is 12.1. The molecule has 0 aromatic heterocycles. The molecule has 0 radical (unpaired) electrons. The van der Waals surface area contributed by atoms with Crippen molar-refractivity contribution in [3.05, 3.63) is 89.3 Å². The summed E-state index contributed by atoms with van der Waals surface area (Å²) in [5, 5.41) is 0. The van der Waals surface area contributed by atoms with Crippen molar-refractivity contribution in [3.63, 3.8) is 0 Å². The number of carbonyl (C=O) groups excluding carboxylic acids is 1. The topological polar surface area (TPSA) is 43.1 Å². The molecule has 5 heteroatoms. The lowest BCUT2D eigenvalue weighted by molar-refractivity contribution is -0.118. The lowest BCUT2D eigenvalue weighted by atomic mass is 10.1. The molecule has 0 aliphatic carbocycles. The second kappa shape index (κ2) is 8.43. The van der Waals surface area contributed by atoms with Crippen LogP contribution in [0, 0.1) is 18.9 Å². The highest BCUT2D eigenvalue weighted by atomic mass is 16.5. The molecule has 4 rings (SSSR count). The number of benzene rings is 3. The zero-order valence-corrected chi connectivity index (χ0v) is 16.2. The van der Waals surface area contributed by atoms with Crippen molar-refractivity contribution >= 4 is 17.3 Å². The average Bonchev–Trinajstić information content (AvgIpc) is 2.79. The fourth-order valence-corrected chi connectivity index (χ4v) is 3.29. The number of ether oxygens (including phenoxy) is 2. The van der Waals surface area contributed by atoms with Crippen LogP contribution in [-0.4, -0.2) is 19.1 Å². The van der Waals surface area contributed by atoms with E-state index in [1.165, 1.54) is 0 Å². The number of hydrogen-bond acceptors (Lipinski definition) is 3. The average molecular weight is 394 g/mol. The highest BCUT2D eigenvalue weighted by Gasteiger charge is 2.24. The van der Waals surface area contributed by atoms with E-state index in [4.69, 9.17) is 22.5 Å². The third-order valence-corrected chi connectivity index (χ3v) is 4.75. The number of nitrogens with zero attached hydrogens (tertiary/aromatic N) is 2. The van der Waals surface area contributed by atoms with Crippen LogP contribution in [0.1, 0.15) is 11.1 Å². The van der Waals surface area contributed by atoms with E-state index in [1.54, 1.807) is 47.4 Å². The summed E-state index contributed by atoms with van der Waals surface area (Å²) in [5.41, 5.74) is 2.85. The van der Waals surface area contributed by atoms with Gasteiger partial charge >= 0.3 is 0 Å². The molecule has 0 fully saturated rings. The Morgan fingerprint density at radius 2 is 1.93 bits per heavy atom. The summed E-state index contributed by atoms with van der Waals surface area (Å²) in [4.78, 5) is 18.1. The summed E-state index contributed by atoms with van der Waals surface area (Å²) in [7, 11) is 0. The minimum atomic E-state index is -0.0349. The summed E-state index contributed by atoms with van der Waals surface area (Å²) >= 11 is 0. The van der Waals surface area contributed by atoms with Crippen molar-refractivity contribution in [3.8, 4) is 29.6 Å². The molecular formula is C25H18N2O3. The summed E-state index contributed by atoms with van der Waals surface area (Å²) in [6, 6.07) is 19.7. The van der Waals surface area contributed by atoms with Crippen LogP contribution in [0.5, 0.6) is 17.2 Å². The monoisotopic (exact) mass is 394 g/mol. The van der Waals surface area contributed by atoms with E-state index in [-0.39, 0.29) is 12.3 Å². The predicted octanol–water partition coefficient (Wildman–Crippen LogP) is 4.98. The number of rotatable bonds is 4. The van der Waals surface area contributed by atoms with E-state index < -0.39 is 0 Å². The number of fused-ring (bicyclic) bond motifs is 1. The number of hydrogen-bond donors (Lipinski definition) is 0. The van der Waals surface area contributed by atoms with Gasteiger partial charge in [-0.3, -0.25) is 4.79 Å². The van der Waals surface area contributed by atoms with Gasteiger partial charge in [0, 0.05) is 11.6 Å². The summed E-state index contributed by atoms with van der Waals surface area (Å²) < 4.78 is 11.6. The molecule has 30 heavy (non-hydrogen) atoms. The van der Waals surface area contributed by atoms with E-state index in [0.717, 1.165) is 11.1 Å². The molecular weight excluding hydrogens is 376 g/mol. The molecule has 3 aromatic rings. The minimum absolute atomic E-state index is 0.0349. The van der Waals surface area contributed by atoms with E-state index in [1.807, 2.05) is 24.3 Å². The van der Waals surface area contributed by atoms with Crippen molar-refractivity contribution in [2.45, 2.75) is 6.42 Å². The van der Waals surface area contributed by atoms with Crippen molar-refractivity contribution in [2.75, 3.05) is 18.1 Å². The quantitative estimate of drug-likeness (QED) is 0.463. The van der Waals surface area contributed by atoms with Crippen LogP contribution in [0.4, 0.5) is 11.4 Å². The molecule has 0 bridgehead atoms. The Bertz CT molecular complexity index is 1170. The number of carbonyl (C=O) groups is 1. The molecule has 1 heterocycles. The van der Waals surface area contributed by atoms with Crippen LogP contribution < -0.4 is 14.4 Å². The second-order valence-corrected chi connectivity index (χ2v) is 6.75. The molecule has 0 spiro atoms. The predicted molar refractivity (Wildman–Crippen MR) is 115 cm³/mol. The van der Waals surface area contributed by atoms with E-state index in [9.17, 15) is 4.79 Å². The Labute approximate surface area is 175 Å². The molecule has 0 saturated heterocycles. The van der Waals surface area contributed by atoms with Crippen LogP contribution in [0.3, 0.4) is 0 Å². The zero-order valence-electron chi connectivity index (χ0n) is 16.2. The van der Waals surface area contributed by atoms with Gasteiger partial charge in [-0.1, -0.05) is 30.2 Å². The standard InChI is InChI=1S/C25H18N2O3/c1-3-18-5-4-6-19(15-18)16-25(28)27-13-14-29-24-12-11-22(17-23(24)27)30-21-9-7-20(26-2)8-10-21/h1,4-12,15,17H,13-14,16H2. The first kappa shape index (κ1) is 19.1. The minimum Gasteiger partial charge on any atom is -0.490 e. The van der Waals surface area contributed by atoms with Crippen LogP contribution in [0.25, 0.3) is 4.85 Å². The van der Waals surface area contributed by atoms with Gasteiger partial charge in [0.25, 0.3) is 0 Å². The third kappa shape index (κ3) is 4.11. The molecule has 5 nitrogen and oxygen atoms in total. The molecule has 1 amide bonds. The van der Waals surface area contributed by atoms with E-state index in [2.05, 4.69) is 10.8 Å². The second-order valence-electron chi connectivity index (χ2n) is 6.75. The molecule has 1 aliphatic rings. The summed E-state index contributed by atoms with van der Waals surface area (Å²) in [6.45, 7) is 7.92. The van der Waals surface area contributed by atoms with Gasteiger partial charge in [0.15, 0.2) is 5.69 Å². The fourth-order valence-electron chi connectivity index (χ4n) is 3.29. The lowest BCUT2D eigenvalue weighted by Gasteiger charge is -2.30. The molecule has 3 aromatic carbocycles. The highest BCUT2D eigenvalue weighted by Crippen LogP contribution is 2.37. The third-order valence-electron chi connectivity index (χ3n) is 4.75. The maximum atomic E-state index is 13.0. The van der Waals surface area contributed by atoms with Crippen LogP contribution >= 0.6 is 0 Å². The first-order valence-electron chi connectivity index (χ1n) is 9.44. The Morgan fingerprint density at radius 1 is 1.13 bits per heavy atom. The van der Waals surface area contributed by atoms with Crippen molar-refractivity contribution in [2.24, 2.45) is 0 Å². The molecule has 0 unspecified atom stereocenters. The molecule has 0 N–H and O–H groups in total. The smallest absolute Gasteiger partial charge is 0.231 e. The Balaban J connectivity index is 1.56. The lowest BCUT2D eigenvalue weighted by Crippen LogP contribution is -2.38. The zero-order chi connectivity index (χ0) is 20.9. The number of amides is 1. The first-order valence-corrected chi connectivity index (χ1v) is 9.44. The molecule has 146 valence electrons. The Morgan fingerprint density at radius 3 is 2.70 bits per heavy atom. The van der Waals surface area contributed by atoms with Gasteiger partial charge in [-0.15, -0.1) is 6.42 Å². The van der Waals surface area contributed by atoms with Crippen molar-refractivity contribution < 1.29 is 14.3 Å². The van der Waals surface area contributed by atoms with E-state index in [0.29, 0.717) is 41.8 Å². The highest BCUT2D eigenvalue weighted by molar-refractivity contribution is 5.96. The maximum Gasteiger partial charge on any atom is 0.231 e. The van der Waals surface area contributed by atoms with Gasteiger partial charge in [0.2, 0.25) is 5.91 Å². The van der Waals surface area contributed by atoms with Crippen molar-refractivity contribution in [1.29, 1.82) is 0 Å². The first-order chi connectivity index (χ1) is 14.7. The Kier molecular flexibility index (Phi) is 5.37.